The molecule has 1 unspecified atom stereocenters. The van der Waals surface area contributed by atoms with Crippen LogP contribution in [0.5, 0.6) is 0 Å². The van der Waals surface area contributed by atoms with E-state index in [-0.39, 0.29) is 11.1 Å². The van der Waals surface area contributed by atoms with E-state index in [0.717, 1.165) is 26.7 Å². The normalized spacial score (nSPS) is 12.8. The molecule has 0 N–H and O–H groups in total. The summed E-state index contributed by atoms with van der Waals surface area (Å²) in [7, 11) is 1.68. The second-order valence-corrected chi connectivity index (χ2v) is 6.43. The van der Waals surface area contributed by atoms with Gasteiger partial charge in [-0.2, -0.15) is 0 Å². The molecule has 0 amide bonds. The Kier molecular flexibility index (Phi) is 3.68. The molecule has 0 bridgehead atoms. The van der Waals surface area contributed by atoms with E-state index < -0.39 is 0 Å². The number of oxazole rings is 1. The highest BCUT2D eigenvalue weighted by Crippen LogP contribution is 2.32. The summed E-state index contributed by atoms with van der Waals surface area (Å²) in [5.74, 6) is -0.369. The van der Waals surface area contributed by atoms with E-state index in [1.165, 1.54) is 4.57 Å². The highest BCUT2D eigenvalue weighted by Gasteiger charge is 2.14. The van der Waals surface area contributed by atoms with Gasteiger partial charge < -0.3 is 4.42 Å². The molecule has 1 aromatic heterocycles. The Morgan fingerprint density at radius 2 is 1.95 bits per heavy atom. The van der Waals surface area contributed by atoms with Crippen molar-refractivity contribution in [3.05, 3.63) is 68.1 Å². The summed E-state index contributed by atoms with van der Waals surface area (Å²) >= 11 is 10.1. The lowest BCUT2D eigenvalue weighted by molar-refractivity contribution is 0.528. The third-order valence-corrected chi connectivity index (χ3v) is 4.43. The minimum atomic E-state index is -0.369. The number of hydrogen-bond acceptors (Lipinski definition) is 2. The standard InChI is InChI=1S/C16H13BrClNO2/c1-9-5-11(7-12(17)6-9)15(18)10-3-4-13-14(8-10)21-16(20)19(13)2/h3-8,15H,1-2H3. The first-order chi connectivity index (χ1) is 9.95. The van der Waals surface area contributed by atoms with Crippen molar-refractivity contribution < 1.29 is 4.42 Å². The summed E-state index contributed by atoms with van der Waals surface area (Å²) in [4.78, 5) is 11.5. The zero-order chi connectivity index (χ0) is 15.1. The van der Waals surface area contributed by atoms with Gasteiger partial charge in [0, 0.05) is 11.5 Å². The van der Waals surface area contributed by atoms with E-state index >= 15 is 0 Å². The number of aryl methyl sites for hydroxylation is 2. The smallest absolute Gasteiger partial charge is 0.408 e. The molecule has 2 aromatic carbocycles. The predicted octanol–water partition coefficient (Wildman–Crippen LogP) is 4.53. The van der Waals surface area contributed by atoms with Crippen LogP contribution in [0.15, 0.2) is 50.1 Å². The zero-order valence-electron chi connectivity index (χ0n) is 11.6. The van der Waals surface area contributed by atoms with Gasteiger partial charge in [0.1, 0.15) is 0 Å². The lowest BCUT2D eigenvalue weighted by Crippen LogP contribution is -2.08. The Balaban J connectivity index is 2.08. The van der Waals surface area contributed by atoms with Gasteiger partial charge in [-0.15, -0.1) is 11.6 Å². The van der Waals surface area contributed by atoms with Crippen molar-refractivity contribution in [2.75, 3.05) is 0 Å². The van der Waals surface area contributed by atoms with Crippen LogP contribution >= 0.6 is 27.5 Å². The maximum absolute atomic E-state index is 11.5. The molecule has 0 aliphatic heterocycles. The molecule has 1 heterocycles. The van der Waals surface area contributed by atoms with Crippen LogP contribution < -0.4 is 5.76 Å². The van der Waals surface area contributed by atoms with E-state index in [1.807, 2.05) is 43.3 Å². The molecular weight excluding hydrogens is 354 g/mol. The Labute approximate surface area is 135 Å². The number of rotatable bonds is 2. The number of benzene rings is 2. The van der Waals surface area contributed by atoms with Crippen molar-refractivity contribution in [1.82, 2.24) is 4.57 Å². The van der Waals surface area contributed by atoms with E-state index in [1.54, 1.807) is 7.05 Å². The number of alkyl halides is 1. The number of hydrogen-bond donors (Lipinski definition) is 0. The molecule has 0 saturated carbocycles. The van der Waals surface area contributed by atoms with Gasteiger partial charge in [0.15, 0.2) is 5.58 Å². The monoisotopic (exact) mass is 365 g/mol. The van der Waals surface area contributed by atoms with Gasteiger partial charge in [-0.05, 0) is 47.9 Å². The molecule has 3 aromatic rings. The molecule has 0 radical (unpaired) electrons. The van der Waals surface area contributed by atoms with Crippen LogP contribution in [-0.4, -0.2) is 4.57 Å². The molecule has 3 nitrogen and oxygen atoms in total. The van der Waals surface area contributed by atoms with Crippen LogP contribution in [-0.2, 0) is 7.05 Å². The molecule has 0 saturated heterocycles. The fraction of sp³-hybridized carbons (Fsp3) is 0.188. The summed E-state index contributed by atoms with van der Waals surface area (Å²) in [6.07, 6.45) is 0. The second kappa shape index (κ2) is 5.35. The SMILES string of the molecule is Cc1cc(Br)cc(C(Cl)c2ccc3c(c2)oc(=O)n3C)c1. The minimum Gasteiger partial charge on any atom is -0.408 e. The van der Waals surface area contributed by atoms with Gasteiger partial charge >= 0.3 is 5.76 Å². The quantitative estimate of drug-likeness (QED) is 0.625. The van der Waals surface area contributed by atoms with Crippen LogP contribution in [0, 0.1) is 6.92 Å². The largest absolute Gasteiger partial charge is 0.419 e. The fourth-order valence-corrected chi connectivity index (χ4v) is 3.30. The Bertz CT molecular complexity index is 861. The van der Waals surface area contributed by atoms with Gasteiger partial charge in [-0.1, -0.05) is 28.1 Å². The molecular formula is C16H13BrClNO2. The predicted molar refractivity (Wildman–Crippen MR) is 88.0 cm³/mol. The maximum atomic E-state index is 11.5. The summed E-state index contributed by atoms with van der Waals surface area (Å²) < 4.78 is 7.69. The highest BCUT2D eigenvalue weighted by atomic mass is 79.9. The third kappa shape index (κ3) is 2.65. The van der Waals surface area contributed by atoms with Gasteiger partial charge in [-0.3, -0.25) is 4.57 Å². The maximum Gasteiger partial charge on any atom is 0.419 e. The van der Waals surface area contributed by atoms with E-state index in [4.69, 9.17) is 16.0 Å². The molecule has 0 aliphatic rings. The second-order valence-electron chi connectivity index (χ2n) is 5.08. The van der Waals surface area contributed by atoms with Crippen LogP contribution in [0.2, 0.25) is 0 Å². The molecule has 0 fully saturated rings. The van der Waals surface area contributed by atoms with Crippen molar-refractivity contribution in [1.29, 1.82) is 0 Å². The zero-order valence-corrected chi connectivity index (χ0v) is 13.9. The molecule has 0 aliphatic carbocycles. The van der Waals surface area contributed by atoms with Crippen molar-refractivity contribution in [3.8, 4) is 0 Å². The van der Waals surface area contributed by atoms with Crippen LogP contribution in [0.25, 0.3) is 11.1 Å². The highest BCUT2D eigenvalue weighted by molar-refractivity contribution is 9.10. The van der Waals surface area contributed by atoms with Crippen molar-refractivity contribution in [3.63, 3.8) is 0 Å². The van der Waals surface area contributed by atoms with E-state index in [2.05, 4.69) is 15.9 Å². The summed E-state index contributed by atoms with van der Waals surface area (Å²) in [6.45, 7) is 2.03. The van der Waals surface area contributed by atoms with Crippen molar-refractivity contribution in [2.45, 2.75) is 12.3 Å². The van der Waals surface area contributed by atoms with E-state index in [0.29, 0.717) is 5.58 Å². The average Bonchev–Trinajstić information content (AvgIpc) is 2.71. The van der Waals surface area contributed by atoms with Crippen molar-refractivity contribution in [2.24, 2.45) is 7.05 Å². The molecule has 1 atom stereocenters. The Morgan fingerprint density at radius 1 is 1.19 bits per heavy atom. The molecule has 3 rings (SSSR count). The van der Waals surface area contributed by atoms with Gasteiger partial charge in [0.25, 0.3) is 0 Å². The van der Waals surface area contributed by atoms with Crippen LogP contribution in [0.3, 0.4) is 0 Å². The molecule has 5 heteroatoms. The first-order valence-corrected chi connectivity index (χ1v) is 7.69. The number of fused-ring (bicyclic) bond motifs is 1. The first kappa shape index (κ1) is 14.4. The molecule has 0 spiro atoms. The lowest BCUT2D eigenvalue weighted by Gasteiger charge is -2.12. The number of halogens is 2. The summed E-state index contributed by atoms with van der Waals surface area (Å²) in [5.41, 5.74) is 4.35. The van der Waals surface area contributed by atoms with Gasteiger partial charge in [0.05, 0.1) is 10.9 Å². The first-order valence-electron chi connectivity index (χ1n) is 6.46. The summed E-state index contributed by atoms with van der Waals surface area (Å²) in [5, 5.41) is -0.295. The van der Waals surface area contributed by atoms with Crippen molar-refractivity contribution >= 4 is 38.6 Å². The van der Waals surface area contributed by atoms with Crippen LogP contribution in [0.1, 0.15) is 22.1 Å². The summed E-state index contributed by atoms with van der Waals surface area (Å²) in [6, 6.07) is 11.7. The number of nitrogens with zero attached hydrogens (tertiary/aromatic N) is 1. The van der Waals surface area contributed by atoms with Gasteiger partial charge in [-0.25, -0.2) is 4.79 Å². The molecule has 21 heavy (non-hydrogen) atoms. The lowest BCUT2D eigenvalue weighted by atomic mass is 10.0. The van der Waals surface area contributed by atoms with Crippen LogP contribution in [0.4, 0.5) is 0 Å². The number of aromatic nitrogens is 1. The van der Waals surface area contributed by atoms with E-state index in [9.17, 15) is 4.79 Å². The topological polar surface area (TPSA) is 35.1 Å². The minimum absolute atomic E-state index is 0.295. The Morgan fingerprint density at radius 3 is 2.67 bits per heavy atom. The van der Waals surface area contributed by atoms with Gasteiger partial charge in [0.2, 0.25) is 0 Å². The molecule has 108 valence electrons. The third-order valence-electron chi connectivity index (χ3n) is 3.47. The Hall–Kier alpha value is -1.52. The average molecular weight is 367 g/mol. The fourth-order valence-electron chi connectivity index (χ4n) is 2.41.